The van der Waals surface area contributed by atoms with Gasteiger partial charge in [-0.25, -0.2) is 0 Å². The summed E-state index contributed by atoms with van der Waals surface area (Å²) < 4.78 is 0. The molecule has 3 heteroatoms. The molecule has 0 saturated heterocycles. The lowest BCUT2D eigenvalue weighted by molar-refractivity contribution is 0.104. The van der Waals surface area contributed by atoms with Gasteiger partial charge in [0.25, 0.3) is 0 Å². The molecule has 0 spiro atoms. The molecule has 0 rings (SSSR count). The Balaban J connectivity index is 4.01. The summed E-state index contributed by atoms with van der Waals surface area (Å²) in [6.45, 7) is 1.95. The number of nitrogens with zero attached hydrogens (tertiary/aromatic N) is 2. The fourth-order valence-corrected chi connectivity index (χ4v) is 0.400. The number of alkyl halides is 1. The lowest BCUT2D eigenvalue weighted by Gasteiger charge is -2.35. The van der Waals surface area contributed by atoms with Crippen molar-refractivity contribution in [3.63, 3.8) is 0 Å². The third-order valence-corrected chi connectivity index (χ3v) is 2.31. The second-order valence-electron chi connectivity index (χ2n) is 2.69. The Kier molecular flexibility index (Phi) is 2.93. The van der Waals surface area contributed by atoms with Gasteiger partial charge in [-0.2, -0.15) is 0 Å². The normalized spacial score (nSPS) is 13.3. The van der Waals surface area contributed by atoms with Crippen molar-refractivity contribution < 1.29 is 0 Å². The van der Waals surface area contributed by atoms with Gasteiger partial charge in [-0.1, -0.05) is 11.6 Å². The van der Waals surface area contributed by atoms with E-state index in [1.807, 2.05) is 44.9 Å². The van der Waals surface area contributed by atoms with Crippen molar-refractivity contribution in [2.45, 2.75) is 12.0 Å². The van der Waals surface area contributed by atoms with Crippen molar-refractivity contribution in [1.29, 1.82) is 0 Å². The highest BCUT2D eigenvalue weighted by Crippen LogP contribution is 2.18. The van der Waals surface area contributed by atoms with Gasteiger partial charge in [-0.3, -0.25) is 9.80 Å². The minimum absolute atomic E-state index is 0.361. The van der Waals surface area contributed by atoms with Gasteiger partial charge in [-0.15, -0.1) is 0 Å². The molecule has 0 bridgehead atoms. The van der Waals surface area contributed by atoms with Crippen LogP contribution in [0.1, 0.15) is 6.92 Å². The zero-order valence-corrected chi connectivity index (χ0v) is 7.53. The van der Waals surface area contributed by atoms with Crippen molar-refractivity contribution in [2.24, 2.45) is 0 Å². The maximum absolute atomic E-state index is 6.06. The molecule has 0 heterocycles. The van der Waals surface area contributed by atoms with Crippen LogP contribution in [0.5, 0.6) is 0 Å². The standard InChI is InChI=1S/C6H15ClN2/c1-6(7,8(2)3)9(4)5/h1-5H3. The molecule has 9 heavy (non-hydrogen) atoms. The summed E-state index contributed by atoms with van der Waals surface area (Å²) in [5, 5.41) is -0.361. The smallest absolute Gasteiger partial charge is 0.147 e. The fourth-order valence-electron chi connectivity index (χ4n) is 0.400. The third-order valence-electron chi connectivity index (χ3n) is 1.63. The SMILES string of the molecule is CN(C)C(C)(Cl)N(C)C. The summed E-state index contributed by atoms with van der Waals surface area (Å²) in [6, 6.07) is 0. The van der Waals surface area contributed by atoms with E-state index in [9.17, 15) is 0 Å². The summed E-state index contributed by atoms with van der Waals surface area (Å²) in [7, 11) is 7.81. The maximum atomic E-state index is 6.06. The minimum atomic E-state index is -0.361. The first-order valence-corrected chi connectivity index (χ1v) is 3.30. The van der Waals surface area contributed by atoms with E-state index >= 15 is 0 Å². The lowest BCUT2D eigenvalue weighted by atomic mass is 10.5. The van der Waals surface area contributed by atoms with Crippen LogP contribution in [0.2, 0.25) is 0 Å². The Morgan fingerprint density at radius 1 is 1.00 bits per heavy atom. The zero-order valence-electron chi connectivity index (χ0n) is 6.77. The Morgan fingerprint density at radius 3 is 1.22 bits per heavy atom. The van der Waals surface area contributed by atoms with E-state index in [0.717, 1.165) is 0 Å². The Labute approximate surface area is 62.4 Å². The predicted molar refractivity (Wildman–Crippen MR) is 41.6 cm³/mol. The minimum Gasteiger partial charge on any atom is -0.279 e. The number of hydrogen-bond acceptors (Lipinski definition) is 2. The van der Waals surface area contributed by atoms with Crippen LogP contribution < -0.4 is 0 Å². The predicted octanol–water partition coefficient (Wildman–Crippen LogP) is 1.02. The van der Waals surface area contributed by atoms with E-state index < -0.39 is 0 Å². The number of halogens is 1. The van der Waals surface area contributed by atoms with Crippen molar-refractivity contribution in [1.82, 2.24) is 9.80 Å². The van der Waals surface area contributed by atoms with E-state index in [2.05, 4.69) is 0 Å². The molecule has 0 fully saturated rings. The monoisotopic (exact) mass is 150 g/mol. The lowest BCUT2D eigenvalue weighted by Crippen LogP contribution is -2.47. The van der Waals surface area contributed by atoms with Gasteiger partial charge in [0.05, 0.1) is 0 Å². The maximum Gasteiger partial charge on any atom is 0.147 e. The molecular formula is C6H15ClN2. The molecule has 2 nitrogen and oxygen atoms in total. The van der Waals surface area contributed by atoms with Crippen molar-refractivity contribution in [3.05, 3.63) is 0 Å². The van der Waals surface area contributed by atoms with Crippen molar-refractivity contribution in [3.8, 4) is 0 Å². The zero-order chi connectivity index (χ0) is 7.65. The Bertz CT molecular complexity index is 79.1. The highest BCUT2D eigenvalue weighted by atomic mass is 35.5. The molecule has 0 unspecified atom stereocenters. The second-order valence-corrected chi connectivity index (χ2v) is 3.41. The number of rotatable bonds is 2. The highest BCUT2D eigenvalue weighted by Gasteiger charge is 2.25. The Hall–Kier alpha value is 0.210. The molecule has 0 aliphatic rings. The topological polar surface area (TPSA) is 6.48 Å². The van der Waals surface area contributed by atoms with E-state index in [0.29, 0.717) is 0 Å². The molecule has 0 radical (unpaired) electrons. The molecule has 56 valence electrons. The van der Waals surface area contributed by atoms with Crippen LogP contribution in [0.4, 0.5) is 0 Å². The van der Waals surface area contributed by atoms with Gasteiger partial charge in [-0.05, 0) is 35.1 Å². The first kappa shape index (κ1) is 9.21. The second kappa shape index (κ2) is 2.86. The molecule has 0 amide bonds. The molecule has 0 aromatic carbocycles. The summed E-state index contributed by atoms with van der Waals surface area (Å²) in [4.78, 5) is 3.91. The van der Waals surface area contributed by atoms with Gasteiger partial charge in [0, 0.05) is 0 Å². The summed E-state index contributed by atoms with van der Waals surface area (Å²) in [6.07, 6.45) is 0. The highest BCUT2D eigenvalue weighted by molar-refractivity contribution is 6.22. The van der Waals surface area contributed by atoms with E-state index in [4.69, 9.17) is 11.6 Å². The average molecular weight is 151 g/mol. The molecule has 0 saturated carbocycles. The van der Waals surface area contributed by atoms with Crippen LogP contribution in [0.3, 0.4) is 0 Å². The Morgan fingerprint density at radius 2 is 1.22 bits per heavy atom. The average Bonchev–Trinajstić information content (AvgIpc) is 1.65. The molecule has 0 aromatic rings. The van der Waals surface area contributed by atoms with E-state index in [-0.39, 0.29) is 5.12 Å². The molecule has 0 N–H and O–H groups in total. The van der Waals surface area contributed by atoms with Crippen LogP contribution in [-0.2, 0) is 0 Å². The quantitative estimate of drug-likeness (QED) is 0.330. The van der Waals surface area contributed by atoms with Gasteiger partial charge < -0.3 is 0 Å². The van der Waals surface area contributed by atoms with Crippen LogP contribution in [0.25, 0.3) is 0 Å². The van der Waals surface area contributed by atoms with Crippen LogP contribution >= 0.6 is 11.6 Å². The third kappa shape index (κ3) is 2.12. The van der Waals surface area contributed by atoms with Crippen molar-refractivity contribution in [2.75, 3.05) is 28.2 Å². The van der Waals surface area contributed by atoms with Gasteiger partial charge >= 0.3 is 0 Å². The molecule has 0 aromatic heterocycles. The summed E-state index contributed by atoms with van der Waals surface area (Å²) in [5.74, 6) is 0. The van der Waals surface area contributed by atoms with E-state index in [1.165, 1.54) is 0 Å². The van der Waals surface area contributed by atoms with Crippen LogP contribution in [0, 0.1) is 0 Å². The van der Waals surface area contributed by atoms with Gasteiger partial charge in [0.15, 0.2) is 0 Å². The summed E-state index contributed by atoms with van der Waals surface area (Å²) in [5.41, 5.74) is 0. The number of hydrogen-bond donors (Lipinski definition) is 0. The van der Waals surface area contributed by atoms with Gasteiger partial charge in [0.1, 0.15) is 5.12 Å². The largest absolute Gasteiger partial charge is 0.279 e. The van der Waals surface area contributed by atoms with Crippen LogP contribution in [-0.4, -0.2) is 43.1 Å². The molecule has 0 aliphatic heterocycles. The van der Waals surface area contributed by atoms with Crippen molar-refractivity contribution >= 4 is 11.6 Å². The first-order valence-electron chi connectivity index (χ1n) is 2.93. The fraction of sp³-hybridized carbons (Fsp3) is 1.00. The summed E-state index contributed by atoms with van der Waals surface area (Å²) >= 11 is 6.06. The van der Waals surface area contributed by atoms with Gasteiger partial charge in [0.2, 0.25) is 0 Å². The molecule has 0 atom stereocenters. The van der Waals surface area contributed by atoms with Crippen LogP contribution in [0.15, 0.2) is 0 Å². The first-order chi connectivity index (χ1) is 3.89. The molecule has 0 aliphatic carbocycles. The molecular weight excluding hydrogens is 136 g/mol. The van der Waals surface area contributed by atoms with E-state index in [1.54, 1.807) is 0 Å².